The Morgan fingerprint density at radius 1 is 0.913 bits per heavy atom. The molecule has 1 aromatic rings. The lowest BCUT2D eigenvalue weighted by molar-refractivity contribution is -0.194. The predicted octanol–water partition coefficient (Wildman–Crippen LogP) is 1.45. The van der Waals surface area contributed by atoms with E-state index in [0.717, 1.165) is 0 Å². The van der Waals surface area contributed by atoms with Crippen molar-refractivity contribution in [2.75, 3.05) is 0 Å². The average Bonchev–Trinajstić information content (AvgIpc) is 2.75. The minimum absolute atomic E-state index is 0.359. The van der Waals surface area contributed by atoms with Gasteiger partial charge in [-0.15, -0.1) is 0 Å². The fourth-order valence-corrected chi connectivity index (χ4v) is 2.29. The number of esters is 3. The number of hydrogen-bond acceptors (Lipinski definition) is 7. The summed E-state index contributed by atoms with van der Waals surface area (Å²) in [7, 11) is 0. The monoisotopic (exact) mass is 322 g/mol. The number of benzene rings is 1. The molecule has 0 saturated carbocycles. The fraction of sp³-hybridized carbons (Fsp3) is 0.438. The smallest absolute Gasteiger partial charge is 0.338 e. The summed E-state index contributed by atoms with van der Waals surface area (Å²) in [6.07, 6.45) is -3.61. The van der Waals surface area contributed by atoms with Gasteiger partial charge in [0, 0.05) is 13.8 Å². The lowest BCUT2D eigenvalue weighted by atomic mass is 10.1. The predicted molar refractivity (Wildman–Crippen MR) is 77.3 cm³/mol. The van der Waals surface area contributed by atoms with E-state index >= 15 is 0 Å². The van der Waals surface area contributed by atoms with Gasteiger partial charge in [0.15, 0.2) is 6.10 Å². The molecule has 0 spiro atoms. The van der Waals surface area contributed by atoms with Gasteiger partial charge in [0.2, 0.25) is 12.4 Å². The van der Waals surface area contributed by atoms with E-state index in [4.69, 9.17) is 18.9 Å². The maximum absolute atomic E-state index is 12.2. The molecule has 1 aliphatic rings. The van der Waals surface area contributed by atoms with Gasteiger partial charge in [-0.1, -0.05) is 18.2 Å². The van der Waals surface area contributed by atoms with Crippen molar-refractivity contribution in [3.05, 3.63) is 35.9 Å². The van der Waals surface area contributed by atoms with Crippen LogP contribution in [-0.4, -0.2) is 42.5 Å². The number of hydrogen-bond donors (Lipinski definition) is 0. The molecule has 2 rings (SSSR count). The van der Waals surface area contributed by atoms with Crippen molar-refractivity contribution in [3.63, 3.8) is 0 Å². The Morgan fingerprint density at radius 2 is 1.52 bits per heavy atom. The maximum Gasteiger partial charge on any atom is 0.338 e. The van der Waals surface area contributed by atoms with Crippen LogP contribution in [-0.2, 0) is 28.5 Å². The average molecular weight is 322 g/mol. The Morgan fingerprint density at radius 3 is 2.09 bits per heavy atom. The number of carbonyl (C=O) groups is 3. The second-order valence-corrected chi connectivity index (χ2v) is 5.13. The molecule has 1 heterocycles. The summed E-state index contributed by atoms with van der Waals surface area (Å²) in [4.78, 5) is 34.6. The first-order valence-corrected chi connectivity index (χ1v) is 7.14. The van der Waals surface area contributed by atoms with E-state index in [1.807, 2.05) is 0 Å². The molecule has 0 N–H and O–H groups in total. The zero-order chi connectivity index (χ0) is 17.0. The highest BCUT2D eigenvalue weighted by Gasteiger charge is 2.49. The quantitative estimate of drug-likeness (QED) is 0.612. The SMILES string of the molecule is CC(=O)OC1OC(C)C(OC(=O)c2ccccc2)C1OC(C)=O. The van der Waals surface area contributed by atoms with Crippen LogP contribution in [0.15, 0.2) is 30.3 Å². The van der Waals surface area contributed by atoms with Gasteiger partial charge in [0.1, 0.15) is 6.10 Å². The van der Waals surface area contributed by atoms with E-state index in [-0.39, 0.29) is 0 Å². The fourth-order valence-electron chi connectivity index (χ4n) is 2.29. The molecule has 4 unspecified atom stereocenters. The second-order valence-electron chi connectivity index (χ2n) is 5.13. The van der Waals surface area contributed by atoms with Crippen LogP contribution in [0.5, 0.6) is 0 Å². The van der Waals surface area contributed by atoms with Crippen molar-refractivity contribution < 1.29 is 33.3 Å². The summed E-state index contributed by atoms with van der Waals surface area (Å²) in [6.45, 7) is 4.06. The molecule has 0 amide bonds. The van der Waals surface area contributed by atoms with E-state index < -0.39 is 42.5 Å². The Kier molecular flexibility index (Phi) is 5.33. The molecule has 1 saturated heterocycles. The van der Waals surface area contributed by atoms with Crippen LogP contribution in [0.3, 0.4) is 0 Å². The first-order chi connectivity index (χ1) is 10.9. The van der Waals surface area contributed by atoms with Crippen LogP contribution >= 0.6 is 0 Å². The Bertz CT molecular complexity index is 583. The Balaban J connectivity index is 2.15. The molecule has 1 aliphatic heterocycles. The lowest BCUT2D eigenvalue weighted by Crippen LogP contribution is -2.40. The molecule has 124 valence electrons. The summed E-state index contributed by atoms with van der Waals surface area (Å²) in [5.41, 5.74) is 0.359. The zero-order valence-electron chi connectivity index (χ0n) is 13.1. The molecular formula is C16H18O7. The van der Waals surface area contributed by atoms with Crippen LogP contribution < -0.4 is 0 Å². The molecule has 7 nitrogen and oxygen atoms in total. The zero-order valence-corrected chi connectivity index (χ0v) is 13.1. The van der Waals surface area contributed by atoms with Gasteiger partial charge in [0.25, 0.3) is 0 Å². The highest BCUT2D eigenvalue weighted by Crippen LogP contribution is 2.28. The largest absolute Gasteiger partial charge is 0.452 e. The molecule has 7 heteroatoms. The summed E-state index contributed by atoms with van der Waals surface area (Å²) < 4.78 is 20.9. The minimum Gasteiger partial charge on any atom is -0.452 e. The van der Waals surface area contributed by atoms with E-state index in [1.54, 1.807) is 37.3 Å². The highest BCUT2D eigenvalue weighted by atomic mass is 16.7. The number of ether oxygens (including phenoxy) is 4. The normalized spacial score (nSPS) is 26.4. The van der Waals surface area contributed by atoms with Gasteiger partial charge in [-0.2, -0.15) is 0 Å². The van der Waals surface area contributed by atoms with Crippen molar-refractivity contribution in [3.8, 4) is 0 Å². The molecule has 23 heavy (non-hydrogen) atoms. The Hall–Kier alpha value is -2.41. The Labute approximate surface area is 133 Å². The third-order valence-electron chi connectivity index (χ3n) is 3.24. The van der Waals surface area contributed by atoms with Crippen LogP contribution in [0, 0.1) is 0 Å². The molecular weight excluding hydrogens is 304 g/mol. The molecule has 0 bridgehead atoms. The van der Waals surface area contributed by atoms with Crippen molar-refractivity contribution in [1.82, 2.24) is 0 Å². The van der Waals surface area contributed by atoms with E-state index in [0.29, 0.717) is 5.56 Å². The molecule has 4 atom stereocenters. The van der Waals surface area contributed by atoms with Crippen LogP contribution in [0.4, 0.5) is 0 Å². The molecule has 0 aromatic heterocycles. The number of rotatable bonds is 4. The van der Waals surface area contributed by atoms with Crippen molar-refractivity contribution in [1.29, 1.82) is 0 Å². The first-order valence-electron chi connectivity index (χ1n) is 7.14. The van der Waals surface area contributed by atoms with Crippen LogP contribution in [0.25, 0.3) is 0 Å². The topological polar surface area (TPSA) is 88.1 Å². The first kappa shape index (κ1) is 17.0. The van der Waals surface area contributed by atoms with Gasteiger partial charge in [-0.3, -0.25) is 9.59 Å². The van der Waals surface area contributed by atoms with E-state index in [2.05, 4.69) is 0 Å². The summed E-state index contributed by atoms with van der Waals surface area (Å²) >= 11 is 0. The summed E-state index contributed by atoms with van der Waals surface area (Å²) in [5, 5.41) is 0. The lowest BCUT2D eigenvalue weighted by Gasteiger charge is -2.22. The van der Waals surface area contributed by atoms with Crippen LogP contribution in [0.2, 0.25) is 0 Å². The van der Waals surface area contributed by atoms with Gasteiger partial charge < -0.3 is 18.9 Å². The number of carbonyl (C=O) groups excluding carboxylic acids is 3. The van der Waals surface area contributed by atoms with Crippen molar-refractivity contribution in [2.24, 2.45) is 0 Å². The maximum atomic E-state index is 12.2. The standard InChI is InChI=1S/C16H18O7/c1-9-13(23-15(19)12-7-5-4-6-8-12)14(21-10(2)17)16(20-9)22-11(3)18/h4-9,13-14,16H,1-3H3. The molecule has 0 aliphatic carbocycles. The van der Waals surface area contributed by atoms with E-state index in [9.17, 15) is 14.4 Å². The van der Waals surface area contributed by atoms with Crippen molar-refractivity contribution >= 4 is 17.9 Å². The van der Waals surface area contributed by atoms with E-state index in [1.165, 1.54) is 13.8 Å². The third-order valence-corrected chi connectivity index (χ3v) is 3.24. The molecule has 1 fully saturated rings. The van der Waals surface area contributed by atoms with Gasteiger partial charge in [-0.25, -0.2) is 4.79 Å². The van der Waals surface area contributed by atoms with Gasteiger partial charge in [-0.05, 0) is 19.1 Å². The van der Waals surface area contributed by atoms with Gasteiger partial charge in [0.05, 0.1) is 5.56 Å². The molecule has 1 aromatic carbocycles. The molecule has 0 radical (unpaired) electrons. The minimum atomic E-state index is -1.11. The highest BCUT2D eigenvalue weighted by molar-refractivity contribution is 5.89. The summed E-state index contributed by atoms with van der Waals surface area (Å²) in [5.74, 6) is -1.76. The van der Waals surface area contributed by atoms with Crippen LogP contribution in [0.1, 0.15) is 31.1 Å². The van der Waals surface area contributed by atoms with Gasteiger partial charge >= 0.3 is 17.9 Å². The summed E-state index contributed by atoms with van der Waals surface area (Å²) in [6, 6.07) is 8.39. The van der Waals surface area contributed by atoms with Crippen molar-refractivity contribution in [2.45, 2.75) is 45.4 Å². The third kappa shape index (κ3) is 4.29. The second kappa shape index (κ2) is 7.23.